The summed E-state index contributed by atoms with van der Waals surface area (Å²) in [5.41, 5.74) is 7.48. The number of nitrogens with one attached hydrogen (secondary N) is 3. The largest absolute Gasteiger partial charge is 0.370 e. The normalized spacial score (nSPS) is 11.7. The Kier molecular flexibility index (Phi) is 6.49. The number of rotatable bonds is 6. The smallest absolute Gasteiger partial charge is 0.321 e. The highest BCUT2D eigenvalue weighted by molar-refractivity contribution is 5.93. The van der Waals surface area contributed by atoms with Gasteiger partial charge in [-0.05, 0) is 36.8 Å². The number of nitrogens with zero attached hydrogens (tertiary/aromatic N) is 1. The minimum absolute atomic E-state index is 0.348. The molecule has 1 aromatic rings. The topological polar surface area (TPSA) is 104 Å². The van der Waals surface area contributed by atoms with Gasteiger partial charge in [0.25, 0.3) is 0 Å². The van der Waals surface area contributed by atoms with Crippen LogP contribution in [-0.2, 0) is 6.42 Å². The zero-order valence-electron chi connectivity index (χ0n) is 12.1. The van der Waals surface area contributed by atoms with Gasteiger partial charge in [-0.3, -0.25) is 15.7 Å². The van der Waals surface area contributed by atoms with Gasteiger partial charge in [-0.15, -0.1) is 0 Å². The fourth-order valence-electron chi connectivity index (χ4n) is 2.13. The molecule has 2 amide bonds. The van der Waals surface area contributed by atoms with E-state index in [2.05, 4.69) is 35.5 Å². The summed E-state index contributed by atoms with van der Waals surface area (Å²) in [6.07, 6.45) is 4.59. The van der Waals surface area contributed by atoms with Crippen molar-refractivity contribution in [1.29, 1.82) is 5.41 Å². The van der Waals surface area contributed by atoms with E-state index in [0.717, 1.165) is 25.0 Å². The highest BCUT2D eigenvalue weighted by atomic mass is 16.2. The second kappa shape index (κ2) is 8.14. The molecular formula is C14H23N5O. The van der Waals surface area contributed by atoms with Crippen LogP contribution in [0.2, 0.25) is 0 Å². The minimum Gasteiger partial charge on any atom is -0.370 e. The van der Waals surface area contributed by atoms with Gasteiger partial charge in [-0.2, -0.15) is 0 Å². The van der Waals surface area contributed by atoms with Crippen LogP contribution in [0.5, 0.6) is 0 Å². The molecule has 20 heavy (non-hydrogen) atoms. The Morgan fingerprint density at radius 2 is 2.30 bits per heavy atom. The molecule has 0 spiro atoms. The van der Waals surface area contributed by atoms with E-state index in [4.69, 9.17) is 11.1 Å². The lowest BCUT2D eigenvalue weighted by Gasteiger charge is -2.15. The second-order valence-electron chi connectivity index (χ2n) is 4.73. The molecule has 0 fully saturated rings. The molecular weight excluding hydrogens is 254 g/mol. The van der Waals surface area contributed by atoms with Crippen molar-refractivity contribution in [2.45, 2.75) is 39.0 Å². The number of hydrogen-bond acceptors (Lipinski definition) is 3. The summed E-state index contributed by atoms with van der Waals surface area (Å²) >= 11 is 0. The molecule has 5 N–H and O–H groups in total. The minimum atomic E-state index is -0.430. The van der Waals surface area contributed by atoms with Crippen molar-refractivity contribution in [2.24, 2.45) is 5.73 Å². The molecule has 0 aliphatic carbocycles. The molecule has 0 bridgehead atoms. The summed E-state index contributed by atoms with van der Waals surface area (Å²) in [6.45, 7) is 4.84. The van der Waals surface area contributed by atoms with E-state index >= 15 is 0 Å². The molecule has 0 aliphatic heterocycles. The van der Waals surface area contributed by atoms with Gasteiger partial charge in [0.05, 0.1) is 0 Å². The van der Waals surface area contributed by atoms with E-state index in [1.807, 2.05) is 12.3 Å². The number of nitrogens with two attached hydrogens (primary N) is 1. The van der Waals surface area contributed by atoms with Crippen LogP contribution in [-0.4, -0.2) is 23.5 Å². The lowest BCUT2D eigenvalue weighted by Crippen LogP contribution is -2.43. The molecule has 1 unspecified atom stereocenters. The van der Waals surface area contributed by atoms with Crippen molar-refractivity contribution in [2.75, 3.05) is 6.54 Å². The second-order valence-corrected chi connectivity index (χ2v) is 4.73. The van der Waals surface area contributed by atoms with Gasteiger partial charge in [0.15, 0.2) is 5.96 Å². The molecule has 1 rings (SSSR count). The first-order valence-corrected chi connectivity index (χ1v) is 6.87. The number of hydrogen-bond donors (Lipinski definition) is 4. The molecule has 0 aliphatic rings. The Labute approximate surface area is 119 Å². The highest BCUT2D eigenvalue weighted by Crippen LogP contribution is 2.22. The first kappa shape index (κ1) is 15.9. The van der Waals surface area contributed by atoms with Crippen molar-refractivity contribution in [3.8, 4) is 0 Å². The molecule has 1 heterocycles. The first-order chi connectivity index (χ1) is 9.54. The van der Waals surface area contributed by atoms with Crippen LogP contribution in [0, 0.1) is 5.41 Å². The highest BCUT2D eigenvalue weighted by Gasteiger charge is 2.10. The maximum atomic E-state index is 11.2. The van der Waals surface area contributed by atoms with Gasteiger partial charge in [-0.25, -0.2) is 4.79 Å². The Morgan fingerprint density at radius 1 is 1.55 bits per heavy atom. The molecule has 0 saturated carbocycles. The van der Waals surface area contributed by atoms with Crippen LogP contribution in [0.1, 0.15) is 43.9 Å². The molecule has 1 aromatic heterocycles. The van der Waals surface area contributed by atoms with Crippen LogP contribution in [0.3, 0.4) is 0 Å². The summed E-state index contributed by atoms with van der Waals surface area (Å²) in [5.74, 6) is 0.0649. The third kappa shape index (κ3) is 5.26. The molecule has 110 valence electrons. The Bertz CT molecular complexity index is 461. The van der Waals surface area contributed by atoms with E-state index in [-0.39, 0.29) is 5.96 Å². The summed E-state index contributed by atoms with van der Waals surface area (Å²) in [5, 5.41) is 11.8. The maximum Gasteiger partial charge on any atom is 0.321 e. The predicted octanol–water partition coefficient (Wildman–Crippen LogP) is 1.72. The van der Waals surface area contributed by atoms with Gasteiger partial charge < -0.3 is 11.1 Å². The van der Waals surface area contributed by atoms with E-state index in [1.165, 1.54) is 5.56 Å². The number of pyridine rings is 1. The van der Waals surface area contributed by atoms with Crippen molar-refractivity contribution >= 4 is 12.0 Å². The summed E-state index contributed by atoms with van der Waals surface area (Å²) in [7, 11) is 0. The molecule has 6 heteroatoms. The Hall–Kier alpha value is -2.11. The summed E-state index contributed by atoms with van der Waals surface area (Å²) in [6, 6.07) is 3.65. The Balaban J connectivity index is 2.35. The van der Waals surface area contributed by atoms with Crippen LogP contribution in [0.15, 0.2) is 18.3 Å². The van der Waals surface area contributed by atoms with Crippen LogP contribution in [0.25, 0.3) is 0 Å². The average Bonchev–Trinajstić information content (AvgIpc) is 2.42. The van der Waals surface area contributed by atoms with E-state index in [0.29, 0.717) is 12.5 Å². The van der Waals surface area contributed by atoms with Gasteiger partial charge in [0.1, 0.15) is 0 Å². The standard InChI is InChI=1S/C14H23N5O/c1-3-12-11(7-5-8-17-12)10(2)6-4-9-18-14(20)19-13(15)16/h5,7-8,10H,3-4,6,9H2,1-2H3,(H5,15,16,18,19,20). The van der Waals surface area contributed by atoms with E-state index in [9.17, 15) is 4.79 Å². The van der Waals surface area contributed by atoms with Gasteiger partial charge in [-0.1, -0.05) is 19.9 Å². The molecule has 1 atom stereocenters. The maximum absolute atomic E-state index is 11.2. The van der Waals surface area contributed by atoms with Gasteiger partial charge >= 0.3 is 6.03 Å². The fraction of sp³-hybridized carbons (Fsp3) is 0.500. The SMILES string of the molecule is CCc1ncccc1C(C)CCCNC(=O)NC(=N)N. The number of carbonyl (C=O) groups is 1. The van der Waals surface area contributed by atoms with E-state index in [1.54, 1.807) is 0 Å². The molecule has 0 aromatic carbocycles. The fourth-order valence-corrected chi connectivity index (χ4v) is 2.13. The Morgan fingerprint density at radius 3 is 2.95 bits per heavy atom. The van der Waals surface area contributed by atoms with Crippen molar-refractivity contribution in [3.63, 3.8) is 0 Å². The third-order valence-corrected chi connectivity index (χ3v) is 3.14. The molecule has 0 saturated heterocycles. The lowest BCUT2D eigenvalue weighted by molar-refractivity contribution is 0.245. The summed E-state index contributed by atoms with van der Waals surface area (Å²) < 4.78 is 0. The molecule has 6 nitrogen and oxygen atoms in total. The summed E-state index contributed by atoms with van der Waals surface area (Å²) in [4.78, 5) is 15.6. The van der Waals surface area contributed by atoms with Crippen LogP contribution in [0.4, 0.5) is 4.79 Å². The molecule has 0 radical (unpaired) electrons. The number of carbonyl (C=O) groups excluding carboxylic acids is 1. The number of aryl methyl sites for hydroxylation is 1. The zero-order chi connectivity index (χ0) is 15.0. The lowest BCUT2D eigenvalue weighted by atomic mass is 9.94. The number of amides is 2. The van der Waals surface area contributed by atoms with Crippen LogP contribution < -0.4 is 16.4 Å². The number of guanidine groups is 1. The van der Waals surface area contributed by atoms with Gasteiger partial charge in [0.2, 0.25) is 0 Å². The van der Waals surface area contributed by atoms with Crippen molar-refractivity contribution in [1.82, 2.24) is 15.6 Å². The first-order valence-electron chi connectivity index (χ1n) is 6.87. The monoisotopic (exact) mass is 277 g/mol. The third-order valence-electron chi connectivity index (χ3n) is 3.14. The van der Waals surface area contributed by atoms with Crippen LogP contribution >= 0.6 is 0 Å². The average molecular weight is 277 g/mol. The van der Waals surface area contributed by atoms with Crippen molar-refractivity contribution in [3.05, 3.63) is 29.6 Å². The quantitative estimate of drug-likeness (QED) is 0.361. The number of urea groups is 1. The van der Waals surface area contributed by atoms with Crippen molar-refractivity contribution < 1.29 is 4.79 Å². The predicted molar refractivity (Wildman–Crippen MR) is 79.7 cm³/mol. The zero-order valence-corrected chi connectivity index (χ0v) is 12.1. The van der Waals surface area contributed by atoms with E-state index < -0.39 is 6.03 Å². The number of aromatic nitrogens is 1. The van der Waals surface area contributed by atoms with Gasteiger partial charge in [0, 0.05) is 18.4 Å².